The van der Waals surface area contributed by atoms with Crippen LogP contribution in [0.3, 0.4) is 0 Å². The molecule has 1 N–H and O–H groups in total. The fourth-order valence-electron chi connectivity index (χ4n) is 1.73. The van der Waals surface area contributed by atoms with Gasteiger partial charge in [0.1, 0.15) is 5.75 Å². The van der Waals surface area contributed by atoms with E-state index in [2.05, 4.69) is 9.46 Å². The van der Waals surface area contributed by atoms with Crippen LogP contribution in [-0.4, -0.2) is 15.0 Å². The molecular formula is C14H11Cl2F2NO3S. The number of ether oxygens (including phenoxy) is 1. The molecule has 124 valence electrons. The third-order valence-electron chi connectivity index (χ3n) is 2.76. The van der Waals surface area contributed by atoms with E-state index in [4.69, 9.17) is 23.2 Å². The summed E-state index contributed by atoms with van der Waals surface area (Å²) >= 11 is 11.6. The van der Waals surface area contributed by atoms with E-state index in [1.807, 2.05) is 0 Å². The van der Waals surface area contributed by atoms with Gasteiger partial charge < -0.3 is 4.74 Å². The van der Waals surface area contributed by atoms with Crippen molar-refractivity contribution < 1.29 is 21.9 Å². The van der Waals surface area contributed by atoms with Crippen molar-refractivity contribution in [2.24, 2.45) is 0 Å². The average molecular weight is 382 g/mol. The van der Waals surface area contributed by atoms with Crippen LogP contribution in [-0.2, 0) is 16.6 Å². The minimum absolute atomic E-state index is 0.00627. The Bertz CT molecular complexity index is 763. The molecule has 0 saturated carbocycles. The quantitative estimate of drug-likeness (QED) is 0.820. The Kier molecular flexibility index (Phi) is 5.80. The number of halogens is 4. The molecule has 0 amide bonds. The van der Waals surface area contributed by atoms with E-state index >= 15 is 0 Å². The summed E-state index contributed by atoms with van der Waals surface area (Å²) in [5.41, 5.74) is 0.573. The van der Waals surface area contributed by atoms with Crippen LogP contribution >= 0.6 is 23.2 Å². The zero-order chi connectivity index (χ0) is 17.0. The van der Waals surface area contributed by atoms with Crippen LogP contribution in [0.15, 0.2) is 47.4 Å². The molecule has 0 aliphatic heterocycles. The lowest BCUT2D eigenvalue weighted by atomic mass is 10.2. The molecule has 23 heavy (non-hydrogen) atoms. The Morgan fingerprint density at radius 3 is 2.13 bits per heavy atom. The first kappa shape index (κ1) is 17.9. The molecule has 0 fully saturated rings. The number of rotatable bonds is 6. The number of hydrogen-bond donors (Lipinski definition) is 1. The summed E-state index contributed by atoms with van der Waals surface area (Å²) in [4.78, 5) is -0.0624. The van der Waals surface area contributed by atoms with Crippen LogP contribution in [0.2, 0.25) is 10.0 Å². The molecule has 2 aromatic carbocycles. The molecule has 9 heteroatoms. The van der Waals surface area contributed by atoms with E-state index in [0.717, 1.165) is 0 Å². The Morgan fingerprint density at radius 2 is 1.61 bits per heavy atom. The summed E-state index contributed by atoms with van der Waals surface area (Å²) in [5, 5.41) is 0.401. The van der Waals surface area contributed by atoms with Gasteiger partial charge in [-0.05, 0) is 35.9 Å². The van der Waals surface area contributed by atoms with Crippen molar-refractivity contribution in [3.63, 3.8) is 0 Å². The summed E-state index contributed by atoms with van der Waals surface area (Å²) in [6.07, 6.45) is 0. The number of sulfonamides is 1. The number of hydrogen-bond acceptors (Lipinski definition) is 3. The maximum atomic E-state index is 12.2. The lowest BCUT2D eigenvalue weighted by Gasteiger charge is -2.09. The van der Waals surface area contributed by atoms with Gasteiger partial charge in [0, 0.05) is 16.6 Å². The standard InChI is InChI=1S/C14H11Cl2F2NO3S/c15-10-5-11(16)7-13(6-10)23(20,21)19-8-9-1-3-12(4-2-9)22-14(17)18/h1-7,14,19H,8H2. The largest absolute Gasteiger partial charge is 0.435 e. The first-order valence-electron chi connectivity index (χ1n) is 6.26. The smallest absolute Gasteiger partial charge is 0.387 e. The Labute approximate surface area is 142 Å². The summed E-state index contributed by atoms with van der Waals surface area (Å²) in [7, 11) is -3.80. The normalized spacial score (nSPS) is 11.7. The van der Waals surface area contributed by atoms with E-state index in [9.17, 15) is 17.2 Å². The topological polar surface area (TPSA) is 55.4 Å². The molecule has 4 nitrogen and oxygen atoms in total. The Hall–Kier alpha value is -1.41. The van der Waals surface area contributed by atoms with Crippen LogP contribution in [0.25, 0.3) is 0 Å². The third kappa shape index (κ3) is 5.31. The highest BCUT2D eigenvalue weighted by Crippen LogP contribution is 2.22. The van der Waals surface area contributed by atoms with Crippen molar-refractivity contribution in [3.8, 4) is 5.75 Å². The highest BCUT2D eigenvalue weighted by Gasteiger charge is 2.15. The van der Waals surface area contributed by atoms with Gasteiger partial charge >= 0.3 is 6.61 Å². The van der Waals surface area contributed by atoms with Gasteiger partial charge in [-0.2, -0.15) is 8.78 Å². The number of nitrogens with one attached hydrogen (secondary N) is 1. The van der Waals surface area contributed by atoms with Gasteiger partial charge in [-0.1, -0.05) is 35.3 Å². The maximum absolute atomic E-state index is 12.2. The van der Waals surface area contributed by atoms with Crippen molar-refractivity contribution in [3.05, 3.63) is 58.1 Å². The van der Waals surface area contributed by atoms with E-state index in [-0.39, 0.29) is 27.2 Å². The number of benzene rings is 2. The van der Waals surface area contributed by atoms with Crippen LogP contribution < -0.4 is 9.46 Å². The van der Waals surface area contributed by atoms with E-state index in [1.165, 1.54) is 42.5 Å². The molecule has 0 aliphatic carbocycles. The molecule has 0 heterocycles. The molecule has 0 unspecified atom stereocenters. The third-order valence-corrected chi connectivity index (χ3v) is 4.58. The SMILES string of the molecule is O=S(=O)(NCc1ccc(OC(F)F)cc1)c1cc(Cl)cc(Cl)c1. The van der Waals surface area contributed by atoms with E-state index in [1.54, 1.807) is 0 Å². The first-order chi connectivity index (χ1) is 10.8. The highest BCUT2D eigenvalue weighted by molar-refractivity contribution is 7.89. The summed E-state index contributed by atoms with van der Waals surface area (Å²) in [6, 6.07) is 9.57. The lowest BCUT2D eigenvalue weighted by Crippen LogP contribution is -2.23. The molecule has 0 spiro atoms. The van der Waals surface area contributed by atoms with Gasteiger partial charge in [0.25, 0.3) is 0 Å². The molecule has 0 saturated heterocycles. The molecule has 0 radical (unpaired) electrons. The zero-order valence-corrected chi connectivity index (χ0v) is 13.8. The maximum Gasteiger partial charge on any atom is 0.387 e. The highest BCUT2D eigenvalue weighted by atomic mass is 35.5. The first-order valence-corrected chi connectivity index (χ1v) is 8.50. The predicted molar refractivity (Wildman–Crippen MR) is 83.6 cm³/mol. The molecule has 0 aromatic heterocycles. The second-order valence-corrected chi connectivity index (χ2v) is 7.09. The van der Waals surface area contributed by atoms with Crippen molar-refractivity contribution >= 4 is 33.2 Å². The fraction of sp³-hybridized carbons (Fsp3) is 0.143. The predicted octanol–water partition coefficient (Wildman–Crippen LogP) is 4.07. The van der Waals surface area contributed by atoms with Crippen molar-refractivity contribution in [1.29, 1.82) is 0 Å². The van der Waals surface area contributed by atoms with Crippen molar-refractivity contribution in [1.82, 2.24) is 4.72 Å². The van der Waals surface area contributed by atoms with Gasteiger partial charge in [0.2, 0.25) is 10.0 Å². The minimum Gasteiger partial charge on any atom is -0.435 e. The molecule has 2 rings (SSSR count). The molecular weight excluding hydrogens is 371 g/mol. The summed E-state index contributed by atoms with van der Waals surface area (Å²) < 4.78 is 55.0. The molecule has 0 bridgehead atoms. The van der Waals surface area contributed by atoms with Crippen LogP contribution in [0.4, 0.5) is 8.78 Å². The average Bonchev–Trinajstić information content (AvgIpc) is 2.45. The van der Waals surface area contributed by atoms with Gasteiger partial charge in [-0.3, -0.25) is 0 Å². The number of alkyl halides is 2. The van der Waals surface area contributed by atoms with Gasteiger partial charge in [0.15, 0.2) is 0 Å². The second kappa shape index (κ2) is 7.44. The molecule has 0 atom stereocenters. The summed E-state index contributed by atoms with van der Waals surface area (Å²) in [6.45, 7) is -2.94. The van der Waals surface area contributed by atoms with Gasteiger partial charge in [-0.25, -0.2) is 13.1 Å². The monoisotopic (exact) mass is 381 g/mol. The fourth-order valence-corrected chi connectivity index (χ4v) is 3.48. The van der Waals surface area contributed by atoms with Crippen LogP contribution in [0.1, 0.15) is 5.56 Å². The van der Waals surface area contributed by atoms with Crippen LogP contribution in [0.5, 0.6) is 5.75 Å². The zero-order valence-electron chi connectivity index (χ0n) is 11.5. The molecule has 0 aliphatic rings. The van der Waals surface area contributed by atoms with Gasteiger partial charge in [0.05, 0.1) is 4.90 Å². The van der Waals surface area contributed by atoms with Crippen LogP contribution in [0, 0.1) is 0 Å². The summed E-state index contributed by atoms with van der Waals surface area (Å²) in [5.74, 6) is -0.00627. The lowest BCUT2D eigenvalue weighted by molar-refractivity contribution is -0.0498. The van der Waals surface area contributed by atoms with Crippen molar-refractivity contribution in [2.75, 3.05) is 0 Å². The van der Waals surface area contributed by atoms with Crippen molar-refractivity contribution in [2.45, 2.75) is 18.1 Å². The second-order valence-electron chi connectivity index (χ2n) is 4.45. The Morgan fingerprint density at radius 1 is 1.04 bits per heavy atom. The molecule has 2 aromatic rings. The van der Waals surface area contributed by atoms with E-state index < -0.39 is 16.6 Å². The van der Waals surface area contributed by atoms with Gasteiger partial charge in [-0.15, -0.1) is 0 Å². The minimum atomic E-state index is -3.80. The van der Waals surface area contributed by atoms with E-state index in [0.29, 0.717) is 5.56 Å². The Balaban J connectivity index is 2.07.